The number of anilines is 4. The van der Waals surface area contributed by atoms with E-state index in [-0.39, 0.29) is 70.5 Å². The number of hydrogen-bond donors (Lipinski definition) is 4. The third kappa shape index (κ3) is 12.6. The van der Waals surface area contributed by atoms with Gasteiger partial charge in [0.05, 0.1) is 52.1 Å². The van der Waals surface area contributed by atoms with Gasteiger partial charge in [-0.05, 0) is 215 Å². The maximum atomic E-state index is 14.7. The van der Waals surface area contributed by atoms with E-state index in [4.69, 9.17) is 4.74 Å². The fraction of sp³-hybridized carbons (Fsp3) is 0.389. The van der Waals surface area contributed by atoms with E-state index in [1.165, 1.54) is 21.8 Å². The second-order valence-corrected chi connectivity index (χ2v) is 25.1. The van der Waals surface area contributed by atoms with Crippen molar-refractivity contribution in [1.29, 1.82) is 0 Å². The summed E-state index contributed by atoms with van der Waals surface area (Å²) in [5.41, 5.74) is 0.944. The zero-order chi connectivity index (χ0) is 54.7. The van der Waals surface area contributed by atoms with Crippen molar-refractivity contribution in [3.63, 3.8) is 0 Å². The van der Waals surface area contributed by atoms with Gasteiger partial charge < -0.3 is 45.6 Å². The summed E-state index contributed by atoms with van der Waals surface area (Å²) in [5, 5.41) is 11.6. The molecule has 4 aliphatic rings. The molecule has 0 aromatic heterocycles. The SMILES string of the molecule is COC(=O)c1cc(I)ccc1NC(=O)[C@@H]1CCCN1C(=O)c1cc(I)ccc1NC(=O)[C@@H]1CCCN1C(=O)c1cc(I)ccc1NC(=O)[C@@H]1CCCN1C(=O)c1cc(I)ccc1NC(=O)[C@@H]1CCCN1C(=O)C(C)(C)C. The lowest BCUT2D eigenvalue weighted by atomic mass is 9.94. The normalized spacial score (nSPS) is 19.3. The third-order valence-corrected chi connectivity index (χ3v) is 16.6. The molecule has 4 aromatic rings. The first kappa shape index (κ1) is 57.2. The van der Waals surface area contributed by atoms with Crippen LogP contribution in [0.2, 0.25) is 0 Å². The van der Waals surface area contributed by atoms with E-state index in [1.54, 1.807) is 77.7 Å². The second-order valence-electron chi connectivity index (χ2n) is 20.1. The number of carbonyl (C=O) groups is 9. The van der Waals surface area contributed by atoms with Crippen LogP contribution in [-0.2, 0) is 28.7 Å². The summed E-state index contributed by atoms with van der Waals surface area (Å²) in [7, 11) is 1.25. The van der Waals surface area contributed by atoms with Crippen LogP contribution in [0.25, 0.3) is 0 Å². The molecule has 4 fully saturated rings. The Morgan fingerprint density at radius 2 is 0.697 bits per heavy atom. The van der Waals surface area contributed by atoms with Crippen LogP contribution in [0.5, 0.6) is 0 Å². The van der Waals surface area contributed by atoms with Gasteiger partial charge in [-0.2, -0.15) is 0 Å². The van der Waals surface area contributed by atoms with E-state index >= 15 is 0 Å². The summed E-state index contributed by atoms with van der Waals surface area (Å²) < 4.78 is 7.85. The molecule has 0 radical (unpaired) electrons. The first-order valence-electron chi connectivity index (χ1n) is 24.9. The van der Waals surface area contributed by atoms with Gasteiger partial charge in [0.2, 0.25) is 29.5 Å². The summed E-state index contributed by atoms with van der Waals surface area (Å²) in [6, 6.07) is 16.6. The molecule has 0 unspecified atom stereocenters. The van der Waals surface area contributed by atoms with Crippen molar-refractivity contribution in [3.8, 4) is 0 Å². The van der Waals surface area contributed by atoms with Crippen molar-refractivity contribution in [2.24, 2.45) is 5.41 Å². The van der Waals surface area contributed by atoms with E-state index in [1.807, 2.05) is 20.8 Å². The van der Waals surface area contributed by atoms with Gasteiger partial charge in [-0.15, -0.1) is 0 Å². The molecule has 400 valence electrons. The number of benzene rings is 4. The standard InChI is InChI=1S/C54H56I4N8O10/c1-54(2,3)53(75)66-24-8-12-44(66)48(70)61-39-19-15-31(57)27-35(39)51(73)64-22-6-10-42(64)46(68)59-37-17-13-29(55)25-33(37)49(71)63-21-5-9-41(63)45(67)60-38-18-14-30(56)26-34(38)50(72)65-23-7-11-43(65)47(69)62-40-20-16-32(58)28-36(40)52(74)76-4/h13-20,25-28,41-44H,5-12,21-24H2,1-4H3,(H,59,68)(H,60,67)(H,61,70)(H,62,69)/t41-,42-,43-,44-/m0/s1. The number of rotatable bonds is 12. The van der Waals surface area contributed by atoms with Crippen molar-refractivity contribution in [1.82, 2.24) is 19.6 Å². The van der Waals surface area contributed by atoms with Crippen LogP contribution in [0.3, 0.4) is 0 Å². The minimum atomic E-state index is -0.943. The van der Waals surface area contributed by atoms with E-state index in [9.17, 15) is 43.2 Å². The summed E-state index contributed by atoms with van der Waals surface area (Å²) in [6.07, 6.45) is 3.78. The molecule has 4 saturated heterocycles. The highest BCUT2D eigenvalue weighted by atomic mass is 127. The summed E-state index contributed by atoms with van der Waals surface area (Å²) in [5.74, 6) is -4.08. The van der Waals surface area contributed by atoms with E-state index in [2.05, 4.69) is 112 Å². The van der Waals surface area contributed by atoms with E-state index in [0.29, 0.717) is 65.1 Å². The molecule has 22 heteroatoms. The molecule has 18 nitrogen and oxygen atoms in total. The molecular weight excluding hydrogens is 1430 g/mol. The van der Waals surface area contributed by atoms with Crippen LogP contribution in [0.4, 0.5) is 22.7 Å². The van der Waals surface area contributed by atoms with Crippen molar-refractivity contribution < 1.29 is 47.9 Å². The van der Waals surface area contributed by atoms with Gasteiger partial charge in [0, 0.05) is 45.9 Å². The molecule has 0 spiro atoms. The second kappa shape index (κ2) is 24.4. The van der Waals surface area contributed by atoms with Gasteiger partial charge in [0.15, 0.2) is 0 Å². The Hall–Kier alpha value is -4.97. The number of amides is 8. The van der Waals surface area contributed by atoms with Gasteiger partial charge in [-0.1, -0.05) is 20.8 Å². The van der Waals surface area contributed by atoms with E-state index in [0.717, 1.165) is 7.14 Å². The van der Waals surface area contributed by atoms with Gasteiger partial charge in [0.1, 0.15) is 24.2 Å². The molecule has 0 aliphatic carbocycles. The molecule has 8 rings (SSSR count). The highest BCUT2D eigenvalue weighted by Gasteiger charge is 2.42. The molecule has 4 N–H and O–H groups in total. The Morgan fingerprint density at radius 1 is 0.434 bits per heavy atom. The Morgan fingerprint density at radius 3 is 0.987 bits per heavy atom. The zero-order valence-corrected chi connectivity index (χ0v) is 50.7. The number of carbonyl (C=O) groups excluding carboxylic acids is 9. The highest BCUT2D eigenvalue weighted by Crippen LogP contribution is 2.33. The lowest BCUT2D eigenvalue weighted by Gasteiger charge is -2.30. The number of nitrogens with one attached hydrogen (secondary N) is 4. The van der Waals surface area contributed by atoms with Gasteiger partial charge in [0.25, 0.3) is 17.7 Å². The molecule has 4 aliphatic heterocycles. The lowest BCUT2D eigenvalue weighted by Crippen LogP contribution is -2.47. The predicted molar refractivity (Wildman–Crippen MR) is 319 cm³/mol. The molecule has 8 amide bonds. The fourth-order valence-corrected chi connectivity index (χ4v) is 12.2. The number of halogens is 4. The third-order valence-electron chi connectivity index (χ3n) is 14.0. The van der Waals surface area contributed by atoms with Crippen LogP contribution in [-0.4, -0.2) is 130 Å². The number of nitrogens with zero attached hydrogens (tertiary/aromatic N) is 4. The molecule has 4 aromatic carbocycles. The topological polar surface area (TPSA) is 224 Å². The fourth-order valence-electron chi connectivity index (χ4n) is 10.2. The Kier molecular flexibility index (Phi) is 18.3. The molecule has 4 heterocycles. The highest BCUT2D eigenvalue weighted by molar-refractivity contribution is 14.1. The molecule has 0 saturated carbocycles. The number of esters is 1. The van der Waals surface area contributed by atoms with Crippen molar-refractivity contribution in [2.45, 2.75) is 96.3 Å². The maximum Gasteiger partial charge on any atom is 0.340 e. The lowest BCUT2D eigenvalue weighted by molar-refractivity contribution is -0.143. The smallest absolute Gasteiger partial charge is 0.340 e. The van der Waals surface area contributed by atoms with Gasteiger partial charge in [-0.25, -0.2) is 4.79 Å². The summed E-state index contributed by atoms with van der Waals surface area (Å²) >= 11 is 8.30. The summed E-state index contributed by atoms with van der Waals surface area (Å²) in [6.45, 7) is 6.68. The molecule has 76 heavy (non-hydrogen) atoms. The minimum absolute atomic E-state index is 0.128. The Bertz CT molecular complexity index is 3040. The number of methoxy groups -OCH3 is 1. The van der Waals surface area contributed by atoms with E-state index < -0.39 is 76.9 Å². The number of hydrogen-bond acceptors (Lipinski definition) is 10. The first-order valence-corrected chi connectivity index (χ1v) is 29.2. The van der Waals surface area contributed by atoms with Crippen LogP contribution in [0.1, 0.15) is 114 Å². The largest absolute Gasteiger partial charge is 0.465 e. The maximum absolute atomic E-state index is 14.7. The quantitative estimate of drug-likeness (QED) is 0.0781. The van der Waals surface area contributed by atoms with Gasteiger partial charge in [-0.3, -0.25) is 38.4 Å². The molecule has 4 atom stereocenters. The predicted octanol–water partition coefficient (Wildman–Crippen LogP) is 8.60. The van der Waals surface area contributed by atoms with Crippen molar-refractivity contribution >= 4 is 166 Å². The number of ether oxygens (including phenoxy) is 1. The summed E-state index contributed by atoms with van der Waals surface area (Å²) in [4.78, 5) is 132. The van der Waals surface area contributed by atoms with Crippen LogP contribution >= 0.6 is 90.4 Å². The average molecular weight is 1480 g/mol. The van der Waals surface area contributed by atoms with Crippen molar-refractivity contribution in [2.75, 3.05) is 54.6 Å². The molecule has 0 bridgehead atoms. The Labute approximate surface area is 494 Å². The number of likely N-dealkylation sites (tertiary alicyclic amines) is 4. The Balaban J connectivity index is 0.957. The average Bonchev–Trinajstić information content (AvgIpc) is 4.26. The monoisotopic (exact) mass is 1480 g/mol. The van der Waals surface area contributed by atoms with Gasteiger partial charge >= 0.3 is 5.97 Å². The first-order chi connectivity index (χ1) is 36.1. The molecular formula is C54H56I4N8O10. The van der Waals surface area contributed by atoms with Crippen LogP contribution in [0.15, 0.2) is 72.8 Å². The zero-order valence-electron chi connectivity index (χ0n) is 42.1. The van der Waals surface area contributed by atoms with Crippen LogP contribution in [0, 0.1) is 19.7 Å². The van der Waals surface area contributed by atoms with Crippen LogP contribution < -0.4 is 21.3 Å². The minimum Gasteiger partial charge on any atom is -0.465 e. The van der Waals surface area contributed by atoms with Crippen molar-refractivity contribution in [3.05, 3.63) is 109 Å².